The molecule has 0 aliphatic heterocycles. The molecule has 5 heteroatoms. The van der Waals surface area contributed by atoms with Gasteiger partial charge >= 0.3 is 12.1 Å². The fourth-order valence-electron chi connectivity index (χ4n) is 1.89. The van der Waals surface area contributed by atoms with Gasteiger partial charge in [0.25, 0.3) is 0 Å². The highest BCUT2D eigenvalue weighted by Gasteiger charge is 2.25. The number of carboxylic acid groups (broad SMARTS) is 1. The summed E-state index contributed by atoms with van der Waals surface area (Å²) in [5, 5.41) is 11.7. The van der Waals surface area contributed by atoms with Crippen LogP contribution in [0, 0.1) is 13.8 Å². The summed E-state index contributed by atoms with van der Waals surface area (Å²) < 4.78 is 5.09. The van der Waals surface area contributed by atoms with Crippen LogP contribution in [-0.4, -0.2) is 22.8 Å². The molecular weight excluding hydrogens is 258 g/mol. The van der Waals surface area contributed by atoms with Crippen molar-refractivity contribution in [3.8, 4) is 0 Å². The van der Waals surface area contributed by atoms with Crippen molar-refractivity contribution < 1.29 is 19.4 Å². The van der Waals surface area contributed by atoms with Crippen molar-refractivity contribution in [3.63, 3.8) is 0 Å². The Bertz CT molecular complexity index is 497. The molecule has 0 bridgehead atoms. The Morgan fingerprint density at radius 1 is 1.15 bits per heavy atom. The van der Waals surface area contributed by atoms with Crippen molar-refractivity contribution in [2.24, 2.45) is 0 Å². The molecule has 0 spiro atoms. The predicted octanol–water partition coefficient (Wildman–Crippen LogP) is 2.95. The smallest absolute Gasteiger partial charge is 0.408 e. The van der Waals surface area contributed by atoms with Crippen LogP contribution in [0.5, 0.6) is 0 Å². The van der Waals surface area contributed by atoms with Crippen LogP contribution < -0.4 is 5.32 Å². The van der Waals surface area contributed by atoms with Crippen molar-refractivity contribution in [2.45, 2.75) is 46.3 Å². The third-order valence-corrected chi connectivity index (χ3v) is 2.49. The zero-order chi connectivity index (χ0) is 15.5. The second-order valence-electron chi connectivity index (χ2n) is 5.84. The number of aliphatic carboxylic acids is 1. The largest absolute Gasteiger partial charge is 0.479 e. The summed E-state index contributed by atoms with van der Waals surface area (Å²) in [6.45, 7) is 8.92. The maximum absolute atomic E-state index is 11.7. The van der Waals surface area contributed by atoms with E-state index in [9.17, 15) is 14.7 Å². The maximum atomic E-state index is 11.7. The fraction of sp³-hybridized carbons (Fsp3) is 0.467. The van der Waals surface area contributed by atoms with Gasteiger partial charge in [-0.3, -0.25) is 0 Å². The maximum Gasteiger partial charge on any atom is 0.408 e. The highest BCUT2D eigenvalue weighted by molar-refractivity contribution is 5.81. The van der Waals surface area contributed by atoms with Gasteiger partial charge in [0.1, 0.15) is 5.60 Å². The lowest BCUT2D eigenvalue weighted by Crippen LogP contribution is -2.38. The van der Waals surface area contributed by atoms with Gasteiger partial charge in [-0.1, -0.05) is 29.3 Å². The molecule has 1 aromatic rings. The summed E-state index contributed by atoms with van der Waals surface area (Å²) in [5.41, 5.74) is 1.74. The summed E-state index contributed by atoms with van der Waals surface area (Å²) in [6.07, 6.45) is -0.746. The quantitative estimate of drug-likeness (QED) is 0.892. The number of nitrogens with one attached hydrogen (secondary N) is 1. The Balaban J connectivity index is 2.95. The lowest BCUT2D eigenvalue weighted by atomic mass is 10.0. The van der Waals surface area contributed by atoms with Crippen LogP contribution in [0.4, 0.5) is 4.79 Å². The molecule has 0 radical (unpaired) electrons. The van der Waals surface area contributed by atoms with Gasteiger partial charge in [0.05, 0.1) is 0 Å². The van der Waals surface area contributed by atoms with E-state index in [1.807, 2.05) is 19.9 Å². The molecular formula is C15H21NO4. The highest BCUT2D eigenvalue weighted by Crippen LogP contribution is 2.18. The first kappa shape index (κ1) is 16.0. The van der Waals surface area contributed by atoms with Gasteiger partial charge in [-0.15, -0.1) is 0 Å². The number of amides is 1. The van der Waals surface area contributed by atoms with E-state index in [1.54, 1.807) is 32.9 Å². The van der Waals surface area contributed by atoms with Crippen LogP contribution in [-0.2, 0) is 9.53 Å². The van der Waals surface area contributed by atoms with Crippen molar-refractivity contribution >= 4 is 12.1 Å². The van der Waals surface area contributed by atoms with Crippen molar-refractivity contribution in [1.82, 2.24) is 5.32 Å². The number of carboxylic acids is 1. The molecule has 0 aromatic heterocycles. The average Bonchev–Trinajstić information content (AvgIpc) is 2.21. The fourth-order valence-corrected chi connectivity index (χ4v) is 1.89. The molecule has 1 amide bonds. The Morgan fingerprint density at radius 3 is 2.05 bits per heavy atom. The van der Waals surface area contributed by atoms with Crippen LogP contribution in [0.1, 0.15) is 43.5 Å². The van der Waals surface area contributed by atoms with Gasteiger partial charge in [-0.25, -0.2) is 9.59 Å². The minimum absolute atomic E-state index is 0.529. The number of aryl methyl sites for hydroxylation is 2. The van der Waals surface area contributed by atoms with E-state index in [0.29, 0.717) is 5.56 Å². The molecule has 110 valence electrons. The summed E-state index contributed by atoms with van der Waals surface area (Å²) in [5.74, 6) is -1.12. The molecule has 0 saturated carbocycles. The van der Waals surface area contributed by atoms with E-state index in [0.717, 1.165) is 11.1 Å². The molecule has 0 aliphatic carbocycles. The number of benzene rings is 1. The number of carbonyl (C=O) groups is 2. The third kappa shape index (κ3) is 4.91. The standard InChI is InChI=1S/C15H21NO4/c1-9-6-10(2)8-11(7-9)12(13(17)18)16-14(19)20-15(3,4)5/h6-8,12H,1-5H3,(H,16,19)(H,17,18). The number of hydrogen-bond acceptors (Lipinski definition) is 3. The molecule has 0 saturated heterocycles. The van der Waals surface area contributed by atoms with E-state index in [1.165, 1.54) is 0 Å². The molecule has 0 fully saturated rings. The topological polar surface area (TPSA) is 75.6 Å². The lowest BCUT2D eigenvalue weighted by Gasteiger charge is -2.22. The van der Waals surface area contributed by atoms with Crippen LogP contribution in [0.15, 0.2) is 18.2 Å². The number of carbonyl (C=O) groups excluding carboxylic acids is 1. The Hall–Kier alpha value is -2.04. The van der Waals surface area contributed by atoms with Crippen LogP contribution in [0.2, 0.25) is 0 Å². The molecule has 1 aromatic carbocycles. The van der Waals surface area contributed by atoms with Crippen LogP contribution >= 0.6 is 0 Å². The van der Waals surface area contributed by atoms with Crippen LogP contribution in [0.25, 0.3) is 0 Å². The minimum atomic E-state index is -1.12. The number of alkyl carbamates (subject to hydrolysis) is 1. The zero-order valence-corrected chi connectivity index (χ0v) is 12.5. The molecule has 0 heterocycles. The first-order valence-electron chi connectivity index (χ1n) is 6.39. The minimum Gasteiger partial charge on any atom is -0.479 e. The molecule has 1 rings (SSSR count). The van der Waals surface area contributed by atoms with Crippen molar-refractivity contribution in [3.05, 3.63) is 34.9 Å². The SMILES string of the molecule is Cc1cc(C)cc(C(NC(=O)OC(C)(C)C)C(=O)O)c1. The Kier molecular flexibility index (Phi) is 4.76. The highest BCUT2D eigenvalue weighted by atomic mass is 16.6. The molecule has 1 atom stereocenters. The van der Waals surface area contributed by atoms with Gasteiger partial charge in [0.2, 0.25) is 0 Å². The summed E-state index contributed by atoms with van der Waals surface area (Å²) in [7, 11) is 0. The van der Waals surface area contributed by atoms with Gasteiger partial charge in [-0.2, -0.15) is 0 Å². The van der Waals surface area contributed by atoms with Crippen LogP contribution in [0.3, 0.4) is 0 Å². The van der Waals surface area contributed by atoms with Crippen molar-refractivity contribution in [2.75, 3.05) is 0 Å². The van der Waals surface area contributed by atoms with E-state index in [2.05, 4.69) is 5.32 Å². The third-order valence-electron chi connectivity index (χ3n) is 2.49. The van der Waals surface area contributed by atoms with E-state index in [4.69, 9.17) is 4.74 Å². The normalized spacial score (nSPS) is 12.7. The van der Waals surface area contributed by atoms with Gasteiger partial charge in [0, 0.05) is 0 Å². The van der Waals surface area contributed by atoms with Crippen molar-refractivity contribution in [1.29, 1.82) is 0 Å². The molecule has 1 unspecified atom stereocenters. The molecule has 0 aliphatic rings. The number of rotatable bonds is 3. The van der Waals surface area contributed by atoms with Gasteiger partial charge in [0.15, 0.2) is 6.04 Å². The average molecular weight is 279 g/mol. The zero-order valence-electron chi connectivity index (χ0n) is 12.5. The summed E-state index contributed by atoms with van der Waals surface area (Å²) in [6, 6.07) is 4.30. The van der Waals surface area contributed by atoms with Gasteiger partial charge < -0.3 is 15.2 Å². The lowest BCUT2D eigenvalue weighted by molar-refractivity contribution is -0.139. The summed E-state index contributed by atoms with van der Waals surface area (Å²) >= 11 is 0. The second-order valence-corrected chi connectivity index (χ2v) is 5.84. The van der Waals surface area contributed by atoms with E-state index in [-0.39, 0.29) is 0 Å². The molecule has 2 N–H and O–H groups in total. The Morgan fingerprint density at radius 2 is 1.65 bits per heavy atom. The molecule has 5 nitrogen and oxygen atoms in total. The second kappa shape index (κ2) is 5.94. The van der Waals surface area contributed by atoms with Gasteiger partial charge in [-0.05, 0) is 40.2 Å². The number of hydrogen-bond donors (Lipinski definition) is 2. The van der Waals surface area contributed by atoms with E-state index < -0.39 is 23.7 Å². The monoisotopic (exact) mass is 279 g/mol. The molecule has 20 heavy (non-hydrogen) atoms. The first-order chi connectivity index (χ1) is 9.08. The summed E-state index contributed by atoms with van der Waals surface area (Å²) in [4.78, 5) is 23.1. The first-order valence-corrected chi connectivity index (χ1v) is 6.39. The Labute approximate surface area is 118 Å². The predicted molar refractivity (Wildman–Crippen MR) is 75.7 cm³/mol. The number of ether oxygens (including phenoxy) is 1. The van der Waals surface area contributed by atoms with E-state index >= 15 is 0 Å².